The molecule has 4 aromatic rings. The molecule has 0 unspecified atom stereocenters. The van der Waals surface area contributed by atoms with Crippen LogP contribution >= 0.6 is 11.6 Å². The number of anilines is 1. The zero-order valence-electron chi connectivity index (χ0n) is 20.2. The maximum Gasteiger partial charge on any atom is 0.338 e. The van der Waals surface area contributed by atoms with Crippen LogP contribution in [0.4, 0.5) is 5.82 Å². The minimum atomic E-state index is -0.454. The van der Waals surface area contributed by atoms with E-state index in [1.165, 1.54) is 14.2 Å². The third-order valence-electron chi connectivity index (χ3n) is 6.61. The lowest BCUT2D eigenvalue weighted by atomic mass is 10.1. The number of halogens is 1. The van der Waals surface area contributed by atoms with Crippen LogP contribution in [-0.4, -0.2) is 52.5 Å². The van der Waals surface area contributed by atoms with E-state index in [2.05, 4.69) is 25.6 Å². The van der Waals surface area contributed by atoms with E-state index >= 15 is 0 Å². The summed E-state index contributed by atoms with van der Waals surface area (Å²) in [6.45, 7) is 0. The minimum Gasteiger partial charge on any atom is -0.465 e. The van der Waals surface area contributed by atoms with Gasteiger partial charge in [0, 0.05) is 29.3 Å². The van der Waals surface area contributed by atoms with Gasteiger partial charge in [0.2, 0.25) is 0 Å². The highest BCUT2D eigenvalue weighted by Crippen LogP contribution is 2.42. The molecule has 4 aromatic heterocycles. The molecule has 0 saturated heterocycles. The quantitative estimate of drug-likeness (QED) is 0.339. The van der Waals surface area contributed by atoms with Gasteiger partial charge in [-0.15, -0.1) is 0 Å². The molecule has 0 spiro atoms. The molecular weight excluding hydrogens is 502 g/mol. The Morgan fingerprint density at radius 1 is 0.838 bits per heavy atom. The molecular formula is C25H24ClN5O6. The molecule has 0 aliphatic heterocycles. The van der Waals surface area contributed by atoms with Crippen LogP contribution in [0.2, 0.25) is 5.15 Å². The van der Waals surface area contributed by atoms with Crippen LogP contribution in [0.25, 0.3) is 22.2 Å². The van der Waals surface area contributed by atoms with Crippen molar-refractivity contribution in [2.24, 2.45) is 0 Å². The number of nitrogens with one attached hydrogen (secondary N) is 1. The van der Waals surface area contributed by atoms with Gasteiger partial charge in [0.15, 0.2) is 11.0 Å². The molecule has 1 N–H and O–H groups in total. The van der Waals surface area contributed by atoms with Crippen molar-refractivity contribution in [2.75, 3.05) is 19.5 Å². The molecule has 0 bridgehead atoms. The zero-order chi connectivity index (χ0) is 25.7. The number of fused-ring (bicyclic) bond motifs is 2. The van der Waals surface area contributed by atoms with Crippen molar-refractivity contribution in [3.8, 4) is 0 Å². The lowest BCUT2D eigenvalue weighted by Gasteiger charge is -2.05. The number of esters is 2. The Labute approximate surface area is 215 Å². The van der Waals surface area contributed by atoms with Crippen LogP contribution in [0.3, 0.4) is 0 Å². The second kappa shape index (κ2) is 9.29. The molecule has 0 amide bonds. The zero-order valence-corrected chi connectivity index (χ0v) is 21.0. The molecule has 37 heavy (non-hydrogen) atoms. The summed E-state index contributed by atoms with van der Waals surface area (Å²) in [5.74, 6) is 0.614. The second-order valence-electron chi connectivity index (χ2n) is 9.50. The average molecular weight is 526 g/mol. The van der Waals surface area contributed by atoms with Crippen molar-refractivity contribution in [1.82, 2.24) is 20.3 Å². The first kappa shape index (κ1) is 23.7. The van der Waals surface area contributed by atoms with Gasteiger partial charge in [-0.1, -0.05) is 21.9 Å². The van der Waals surface area contributed by atoms with E-state index in [0.29, 0.717) is 57.0 Å². The molecule has 192 valence electrons. The summed E-state index contributed by atoms with van der Waals surface area (Å²) in [7, 11) is 2.71. The summed E-state index contributed by atoms with van der Waals surface area (Å²) in [6, 6.07) is 3.97. The van der Waals surface area contributed by atoms with Gasteiger partial charge in [0.05, 0.1) is 30.7 Å². The van der Waals surface area contributed by atoms with Gasteiger partial charge < -0.3 is 23.8 Å². The monoisotopic (exact) mass is 525 g/mol. The first-order valence-electron chi connectivity index (χ1n) is 12.2. The van der Waals surface area contributed by atoms with Crippen molar-refractivity contribution >= 4 is 51.6 Å². The Morgan fingerprint density at radius 2 is 1.35 bits per heavy atom. The lowest BCUT2D eigenvalue weighted by molar-refractivity contribution is 0.0594. The van der Waals surface area contributed by atoms with E-state index < -0.39 is 5.97 Å². The molecule has 3 fully saturated rings. The predicted molar refractivity (Wildman–Crippen MR) is 132 cm³/mol. The summed E-state index contributed by atoms with van der Waals surface area (Å²) in [5.41, 5.74) is 3.30. The summed E-state index contributed by atoms with van der Waals surface area (Å²) < 4.78 is 19.9. The number of nitrogens with zero attached hydrogens (tertiary/aromatic N) is 4. The second-order valence-corrected chi connectivity index (χ2v) is 9.86. The van der Waals surface area contributed by atoms with Gasteiger partial charge in [0.1, 0.15) is 5.39 Å². The van der Waals surface area contributed by atoms with Gasteiger partial charge >= 0.3 is 11.9 Å². The molecule has 3 saturated carbocycles. The van der Waals surface area contributed by atoms with Gasteiger partial charge in [-0.25, -0.2) is 19.6 Å². The Balaban J connectivity index is 0.000000138. The number of hydrogen-bond donors (Lipinski definition) is 1. The number of carbonyl (C=O) groups is 2. The Hall–Kier alpha value is -3.73. The van der Waals surface area contributed by atoms with E-state index in [1.54, 1.807) is 6.07 Å². The summed E-state index contributed by atoms with van der Waals surface area (Å²) >= 11 is 5.87. The van der Waals surface area contributed by atoms with E-state index in [-0.39, 0.29) is 11.1 Å². The number of methoxy groups -OCH3 is 2. The van der Waals surface area contributed by atoms with Crippen LogP contribution in [0.5, 0.6) is 0 Å². The molecule has 0 atom stereocenters. The molecule has 0 radical (unpaired) electrons. The first-order valence-corrected chi connectivity index (χ1v) is 12.5. The Kier molecular flexibility index (Phi) is 5.94. The topological polar surface area (TPSA) is 142 Å². The van der Waals surface area contributed by atoms with Crippen LogP contribution in [0.15, 0.2) is 21.2 Å². The molecule has 12 heteroatoms. The third kappa shape index (κ3) is 4.71. The molecule has 0 aromatic carbocycles. The summed E-state index contributed by atoms with van der Waals surface area (Å²) in [4.78, 5) is 32.5. The highest BCUT2D eigenvalue weighted by molar-refractivity contribution is 6.35. The lowest BCUT2D eigenvalue weighted by Crippen LogP contribution is -2.07. The summed E-state index contributed by atoms with van der Waals surface area (Å²) in [5, 5.41) is 12.1. The van der Waals surface area contributed by atoms with Gasteiger partial charge in [0.25, 0.3) is 11.4 Å². The fraction of sp³-hybridized carbons (Fsp3) is 0.440. The SMILES string of the molecule is COC(=O)c1cc(C2CC2)nc2onc(Cl)c12.COC(=O)c1cc(C2CC2)nc2onc(NC3CC3)c12. The smallest absolute Gasteiger partial charge is 0.338 e. The van der Waals surface area contributed by atoms with Crippen molar-refractivity contribution in [1.29, 1.82) is 0 Å². The number of ether oxygens (including phenoxy) is 2. The Bertz CT molecular complexity index is 1520. The summed E-state index contributed by atoms with van der Waals surface area (Å²) in [6.07, 6.45) is 6.63. The number of carbonyl (C=O) groups excluding carboxylic acids is 2. The normalized spacial score (nSPS) is 16.8. The van der Waals surface area contributed by atoms with Gasteiger partial charge in [-0.05, 0) is 50.7 Å². The number of rotatable bonds is 6. The van der Waals surface area contributed by atoms with Crippen molar-refractivity contribution in [3.05, 3.63) is 39.8 Å². The largest absolute Gasteiger partial charge is 0.465 e. The van der Waals surface area contributed by atoms with Crippen molar-refractivity contribution < 1.29 is 28.1 Å². The highest BCUT2D eigenvalue weighted by atomic mass is 35.5. The first-order chi connectivity index (χ1) is 18.0. The third-order valence-corrected chi connectivity index (χ3v) is 6.87. The average Bonchev–Trinajstić information content (AvgIpc) is 3.79. The number of hydrogen-bond acceptors (Lipinski definition) is 11. The van der Waals surface area contributed by atoms with Gasteiger partial charge in [-0.3, -0.25) is 0 Å². The van der Waals surface area contributed by atoms with Gasteiger partial charge in [-0.2, -0.15) is 0 Å². The molecule has 4 heterocycles. The predicted octanol–water partition coefficient (Wildman–Crippen LogP) is 5.00. The van der Waals surface area contributed by atoms with Crippen molar-refractivity contribution in [3.63, 3.8) is 0 Å². The van der Waals surface area contributed by atoms with Crippen LogP contribution in [-0.2, 0) is 9.47 Å². The highest BCUT2D eigenvalue weighted by Gasteiger charge is 2.31. The fourth-order valence-electron chi connectivity index (χ4n) is 4.14. The molecule has 3 aliphatic rings. The van der Waals surface area contributed by atoms with E-state index in [9.17, 15) is 9.59 Å². The number of pyridine rings is 2. The fourth-order valence-corrected chi connectivity index (χ4v) is 4.36. The minimum absolute atomic E-state index is 0.134. The molecule has 7 rings (SSSR count). The number of aromatic nitrogens is 4. The van der Waals surface area contributed by atoms with E-state index in [1.807, 2.05) is 6.07 Å². The van der Waals surface area contributed by atoms with Crippen molar-refractivity contribution in [2.45, 2.75) is 56.4 Å². The molecule has 11 nitrogen and oxygen atoms in total. The van der Waals surface area contributed by atoms with Crippen LogP contribution < -0.4 is 5.32 Å². The van der Waals surface area contributed by atoms with E-state index in [4.69, 9.17) is 30.1 Å². The van der Waals surface area contributed by atoms with Crippen LogP contribution in [0, 0.1) is 0 Å². The van der Waals surface area contributed by atoms with Crippen LogP contribution in [0.1, 0.15) is 82.5 Å². The maximum atomic E-state index is 12.0. The van der Waals surface area contributed by atoms with E-state index in [0.717, 1.165) is 49.9 Å². The maximum absolute atomic E-state index is 12.0. The Morgan fingerprint density at radius 3 is 1.86 bits per heavy atom. The molecule has 3 aliphatic carbocycles. The standard InChI is InChI=1S/C14H15N3O3.C11H9ClN2O3/c1-19-14(18)9-6-10(7-2-3-7)16-13-11(9)12(17-20-13)15-8-4-5-8;1-16-11(15)6-4-7(5-2-3-5)13-10-8(6)9(12)14-17-10/h6-8H,2-5H2,1H3,(H,15,17);4-5H,2-3H2,1H3.